The van der Waals surface area contributed by atoms with Crippen molar-refractivity contribution in [3.05, 3.63) is 35.9 Å². The summed E-state index contributed by atoms with van der Waals surface area (Å²) in [6.45, 7) is 17.6. The molecule has 0 aromatic heterocycles. The maximum Gasteiger partial charge on any atom is 0.409 e. The zero-order valence-corrected chi connectivity index (χ0v) is 20.7. The normalized spacial score (nSPS) is 21.2. The Balaban J connectivity index is 2.12. The van der Waals surface area contributed by atoms with Gasteiger partial charge in [-0.15, -0.1) is 0 Å². The number of hydrogen-bond acceptors (Lipinski definition) is 3. The first-order chi connectivity index (χ1) is 13.4. The third kappa shape index (κ3) is 6.08. The number of carbonyl (C=O) groups is 1. The van der Waals surface area contributed by atoms with Crippen molar-refractivity contribution in [2.45, 2.75) is 83.5 Å². The summed E-state index contributed by atoms with van der Waals surface area (Å²) in [6.07, 6.45) is 2.66. The molecule has 2 atom stereocenters. The van der Waals surface area contributed by atoms with Crippen molar-refractivity contribution in [1.29, 1.82) is 0 Å². The minimum absolute atomic E-state index is 0.0135. The highest BCUT2D eigenvalue weighted by atomic mass is 28.4. The molecule has 2 rings (SSSR count). The van der Waals surface area contributed by atoms with Gasteiger partial charge in [0.25, 0.3) is 0 Å². The van der Waals surface area contributed by atoms with Gasteiger partial charge < -0.3 is 14.1 Å². The minimum Gasteiger partial charge on any atom is -0.453 e. The molecule has 1 fully saturated rings. The van der Waals surface area contributed by atoms with Gasteiger partial charge in [-0.1, -0.05) is 65.0 Å². The fourth-order valence-electron chi connectivity index (χ4n) is 3.98. The molecule has 29 heavy (non-hydrogen) atoms. The summed E-state index contributed by atoms with van der Waals surface area (Å²) < 4.78 is 11.6. The Hall–Kier alpha value is -1.33. The maximum atomic E-state index is 12.4. The van der Waals surface area contributed by atoms with Crippen LogP contribution in [0.2, 0.25) is 18.1 Å². The lowest BCUT2D eigenvalue weighted by Gasteiger charge is -2.43. The fourth-order valence-corrected chi connectivity index (χ4v) is 5.06. The van der Waals surface area contributed by atoms with Crippen LogP contribution in [-0.4, -0.2) is 45.6 Å². The van der Waals surface area contributed by atoms with E-state index in [0.717, 1.165) is 32.4 Å². The number of methoxy groups -OCH3 is 1. The molecule has 1 aromatic carbocycles. The smallest absolute Gasteiger partial charge is 0.409 e. The van der Waals surface area contributed by atoms with Crippen molar-refractivity contribution >= 4 is 14.4 Å². The summed E-state index contributed by atoms with van der Waals surface area (Å²) in [7, 11) is -0.281. The molecule has 1 amide bonds. The maximum absolute atomic E-state index is 12.4. The molecule has 1 saturated heterocycles. The van der Waals surface area contributed by atoms with Crippen LogP contribution in [0, 0.1) is 5.92 Å². The summed E-state index contributed by atoms with van der Waals surface area (Å²) in [5.74, 6) is 0.488. The van der Waals surface area contributed by atoms with E-state index in [2.05, 4.69) is 78.0 Å². The van der Waals surface area contributed by atoms with Gasteiger partial charge in [-0.05, 0) is 54.3 Å². The number of rotatable bonds is 6. The van der Waals surface area contributed by atoms with Crippen LogP contribution < -0.4 is 0 Å². The van der Waals surface area contributed by atoms with Crippen molar-refractivity contribution in [2.24, 2.45) is 5.92 Å². The lowest BCUT2D eigenvalue weighted by molar-refractivity contribution is 0.0533. The van der Waals surface area contributed by atoms with Crippen LogP contribution in [0.1, 0.15) is 59.4 Å². The Morgan fingerprint density at radius 1 is 1.14 bits per heavy atom. The van der Waals surface area contributed by atoms with Gasteiger partial charge in [0.15, 0.2) is 8.32 Å². The van der Waals surface area contributed by atoms with Crippen LogP contribution >= 0.6 is 0 Å². The van der Waals surface area contributed by atoms with Crippen molar-refractivity contribution < 1.29 is 14.0 Å². The Labute approximate surface area is 179 Å². The predicted molar refractivity (Wildman–Crippen MR) is 123 cm³/mol. The average molecular weight is 420 g/mol. The number of benzene rings is 1. The van der Waals surface area contributed by atoms with E-state index < -0.39 is 8.32 Å². The van der Waals surface area contributed by atoms with Gasteiger partial charge in [0, 0.05) is 19.2 Å². The molecule has 4 nitrogen and oxygen atoms in total. The van der Waals surface area contributed by atoms with E-state index in [1.165, 1.54) is 12.7 Å². The second-order valence-corrected chi connectivity index (χ2v) is 15.5. The van der Waals surface area contributed by atoms with Crippen LogP contribution in [0.3, 0.4) is 0 Å². The monoisotopic (exact) mass is 419 g/mol. The molecule has 5 heteroatoms. The number of likely N-dealkylation sites (tertiary alicyclic amines) is 1. The summed E-state index contributed by atoms with van der Waals surface area (Å²) in [4.78, 5) is 14.4. The summed E-state index contributed by atoms with van der Waals surface area (Å²) >= 11 is 0. The van der Waals surface area contributed by atoms with Crippen LogP contribution in [0.4, 0.5) is 4.79 Å². The number of amides is 1. The Morgan fingerprint density at radius 3 is 2.31 bits per heavy atom. The first-order valence-corrected chi connectivity index (χ1v) is 13.8. The van der Waals surface area contributed by atoms with Gasteiger partial charge >= 0.3 is 6.09 Å². The van der Waals surface area contributed by atoms with E-state index in [1.807, 2.05) is 4.90 Å². The number of hydrogen-bond donors (Lipinski definition) is 0. The van der Waals surface area contributed by atoms with Crippen molar-refractivity contribution in [1.82, 2.24) is 4.90 Å². The third-order valence-corrected chi connectivity index (χ3v) is 11.5. The number of nitrogens with zero attached hydrogens (tertiary/aromatic N) is 1. The van der Waals surface area contributed by atoms with E-state index in [1.54, 1.807) is 0 Å². The predicted octanol–water partition coefficient (Wildman–Crippen LogP) is 6.22. The van der Waals surface area contributed by atoms with Crippen LogP contribution in [-0.2, 0) is 14.6 Å². The van der Waals surface area contributed by atoms with E-state index in [0.29, 0.717) is 5.92 Å². The first-order valence-electron chi connectivity index (χ1n) is 10.9. The number of ether oxygens (including phenoxy) is 1. The molecule has 2 unspecified atom stereocenters. The molecule has 0 N–H and O–H groups in total. The molecule has 0 saturated carbocycles. The largest absolute Gasteiger partial charge is 0.453 e. The zero-order valence-electron chi connectivity index (χ0n) is 19.7. The van der Waals surface area contributed by atoms with E-state index in [-0.39, 0.29) is 22.6 Å². The molecule has 1 aromatic rings. The van der Waals surface area contributed by atoms with E-state index >= 15 is 0 Å². The molecule has 164 valence electrons. The molecule has 0 radical (unpaired) electrons. The van der Waals surface area contributed by atoms with Gasteiger partial charge in [0.2, 0.25) is 0 Å². The molecule has 1 aliphatic rings. The number of piperidine rings is 1. The van der Waals surface area contributed by atoms with Crippen molar-refractivity contribution in [2.75, 3.05) is 20.3 Å². The lowest BCUT2D eigenvalue weighted by atomic mass is 9.76. The molecular weight excluding hydrogens is 378 g/mol. The van der Waals surface area contributed by atoms with Crippen LogP contribution in [0.5, 0.6) is 0 Å². The fraction of sp³-hybridized carbons (Fsp3) is 0.708. The molecular formula is C24H41NO3Si. The second-order valence-electron chi connectivity index (χ2n) is 10.7. The van der Waals surface area contributed by atoms with Gasteiger partial charge in [-0.2, -0.15) is 0 Å². The highest BCUT2D eigenvalue weighted by Gasteiger charge is 2.40. The van der Waals surface area contributed by atoms with E-state index in [9.17, 15) is 4.79 Å². The zero-order chi connectivity index (χ0) is 21.9. The van der Waals surface area contributed by atoms with Gasteiger partial charge in [0.05, 0.1) is 7.11 Å². The topological polar surface area (TPSA) is 38.8 Å². The number of carbonyl (C=O) groups excluding carboxylic acids is 1. The van der Waals surface area contributed by atoms with Crippen LogP contribution in [0.15, 0.2) is 30.3 Å². The van der Waals surface area contributed by atoms with Gasteiger partial charge in [-0.3, -0.25) is 0 Å². The van der Waals surface area contributed by atoms with Crippen molar-refractivity contribution in [3.63, 3.8) is 0 Å². The van der Waals surface area contributed by atoms with Crippen LogP contribution in [0.25, 0.3) is 0 Å². The molecule has 0 bridgehead atoms. The summed E-state index contributed by atoms with van der Waals surface area (Å²) in [5, 5.41) is 0.217. The minimum atomic E-state index is -1.76. The van der Waals surface area contributed by atoms with Crippen molar-refractivity contribution in [3.8, 4) is 0 Å². The standard InChI is InChI=1S/C24H41NO3Si/c1-23(2,3)29(7,8)28-18-19-14-15-25(22(26)27-6)21(16-19)17-24(4,5)20-12-10-9-11-13-20/h9-13,19,21H,14-18H2,1-8H3. The van der Waals surface area contributed by atoms with Gasteiger partial charge in [0.1, 0.15) is 0 Å². The summed E-state index contributed by atoms with van der Waals surface area (Å²) in [5.41, 5.74) is 1.30. The quantitative estimate of drug-likeness (QED) is 0.514. The average Bonchev–Trinajstić information content (AvgIpc) is 2.65. The highest BCUT2D eigenvalue weighted by molar-refractivity contribution is 6.74. The second kappa shape index (κ2) is 9.21. The SMILES string of the molecule is COC(=O)N1CCC(CO[Si](C)(C)C(C)(C)C)CC1CC(C)(C)c1ccccc1. The Kier molecular flexibility index (Phi) is 7.61. The molecule has 1 aliphatic heterocycles. The lowest BCUT2D eigenvalue weighted by Crippen LogP contribution is -2.50. The Morgan fingerprint density at radius 2 is 1.76 bits per heavy atom. The van der Waals surface area contributed by atoms with E-state index in [4.69, 9.17) is 9.16 Å². The third-order valence-electron chi connectivity index (χ3n) is 7.02. The summed E-state index contributed by atoms with van der Waals surface area (Å²) in [6, 6.07) is 10.8. The Bertz CT molecular complexity index is 666. The van der Waals surface area contributed by atoms with Gasteiger partial charge in [-0.25, -0.2) is 4.79 Å². The molecule has 0 spiro atoms. The molecule has 0 aliphatic carbocycles. The molecule has 1 heterocycles. The highest BCUT2D eigenvalue weighted by Crippen LogP contribution is 2.39. The first kappa shape index (κ1) is 23.9.